The molecule has 0 saturated carbocycles. The van der Waals surface area contributed by atoms with Crippen LogP contribution < -0.4 is 5.32 Å². The van der Waals surface area contributed by atoms with Crippen LogP contribution in [-0.4, -0.2) is 49.8 Å². The van der Waals surface area contributed by atoms with Crippen LogP contribution in [0.3, 0.4) is 0 Å². The van der Waals surface area contributed by atoms with E-state index in [2.05, 4.69) is 20.3 Å². The number of hydrogen-bond donors (Lipinski definition) is 1. The second kappa shape index (κ2) is 8.41. The first-order valence-corrected chi connectivity index (χ1v) is 6.48. The van der Waals surface area contributed by atoms with Gasteiger partial charge in [0.25, 0.3) is 0 Å². The van der Waals surface area contributed by atoms with Crippen molar-refractivity contribution in [1.82, 2.24) is 15.5 Å². The Balaban J connectivity index is 2.17. The molecule has 0 atom stereocenters. The first-order chi connectivity index (χ1) is 9.01. The van der Waals surface area contributed by atoms with Crippen LogP contribution in [0.25, 0.3) is 0 Å². The number of methoxy groups -OCH3 is 1. The predicted octanol–water partition coefficient (Wildman–Crippen LogP) is 1.40. The van der Waals surface area contributed by atoms with Gasteiger partial charge in [0, 0.05) is 26.6 Å². The molecule has 1 heterocycles. The van der Waals surface area contributed by atoms with Crippen molar-refractivity contribution in [3.05, 3.63) is 10.0 Å². The van der Waals surface area contributed by atoms with Gasteiger partial charge in [-0.1, -0.05) is 11.3 Å². The lowest BCUT2D eigenvalue weighted by molar-refractivity contribution is -0.176. The molecule has 1 aromatic rings. The van der Waals surface area contributed by atoms with Crippen LogP contribution in [0.2, 0.25) is 0 Å². The normalized spacial score (nSPS) is 12.0. The zero-order valence-electron chi connectivity index (χ0n) is 10.5. The third-order valence-electron chi connectivity index (χ3n) is 2.00. The molecule has 1 aromatic heterocycles. The van der Waals surface area contributed by atoms with Gasteiger partial charge in [-0.25, -0.2) is 0 Å². The molecule has 0 spiro atoms. The summed E-state index contributed by atoms with van der Waals surface area (Å²) < 4.78 is 44.9. The molecule has 9 heteroatoms. The topological polar surface area (TPSA) is 56.3 Å². The smallest absolute Gasteiger partial charge is 0.383 e. The zero-order chi connectivity index (χ0) is 14.1. The summed E-state index contributed by atoms with van der Waals surface area (Å²) in [6.45, 7) is 0.680. The Kier molecular flexibility index (Phi) is 7.21. The third kappa shape index (κ3) is 8.09. The quantitative estimate of drug-likeness (QED) is 0.699. The Morgan fingerprint density at radius 3 is 2.63 bits per heavy atom. The lowest BCUT2D eigenvalue weighted by Gasteiger charge is -2.05. The van der Waals surface area contributed by atoms with Gasteiger partial charge >= 0.3 is 6.18 Å². The average Bonchev–Trinajstić information content (AvgIpc) is 2.75. The summed E-state index contributed by atoms with van der Waals surface area (Å²) in [5.41, 5.74) is 0. The van der Waals surface area contributed by atoms with Crippen molar-refractivity contribution in [2.45, 2.75) is 19.2 Å². The van der Waals surface area contributed by atoms with Crippen molar-refractivity contribution in [2.24, 2.45) is 0 Å². The summed E-state index contributed by atoms with van der Waals surface area (Å²) in [4.78, 5) is 0. The van der Waals surface area contributed by atoms with Crippen LogP contribution in [0.15, 0.2) is 0 Å². The number of aromatic nitrogens is 2. The monoisotopic (exact) mass is 299 g/mol. The molecule has 19 heavy (non-hydrogen) atoms. The van der Waals surface area contributed by atoms with E-state index >= 15 is 0 Å². The van der Waals surface area contributed by atoms with E-state index in [1.165, 1.54) is 11.3 Å². The fraction of sp³-hybridized carbons (Fsp3) is 0.800. The zero-order valence-corrected chi connectivity index (χ0v) is 11.3. The van der Waals surface area contributed by atoms with Gasteiger partial charge in [0.1, 0.15) is 23.2 Å². The highest BCUT2D eigenvalue weighted by atomic mass is 32.1. The molecule has 110 valence electrons. The molecule has 0 aromatic carbocycles. The highest BCUT2D eigenvalue weighted by molar-refractivity contribution is 7.11. The van der Waals surface area contributed by atoms with E-state index in [4.69, 9.17) is 4.74 Å². The third-order valence-corrected chi connectivity index (χ3v) is 2.96. The minimum Gasteiger partial charge on any atom is -0.383 e. The number of nitrogens with zero attached hydrogens (tertiary/aromatic N) is 2. The second-order valence-electron chi connectivity index (χ2n) is 3.69. The largest absolute Gasteiger partial charge is 0.411 e. The highest BCUT2D eigenvalue weighted by Gasteiger charge is 2.27. The molecule has 0 aliphatic rings. The molecule has 0 unspecified atom stereocenters. The molecule has 1 N–H and O–H groups in total. The van der Waals surface area contributed by atoms with Gasteiger partial charge in [-0.2, -0.15) is 13.2 Å². The van der Waals surface area contributed by atoms with E-state index in [1.54, 1.807) is 7.11 Å². The van der Waals surface area contributed by atoms with E-state index in [9.17, 15) is 13.2 Å². The molecule has 0 amide bonds. The van der Waals surface area contributed by atoms with Crippen molar-refractivity contribution in [3.63, 3.8) is 0 Å². The fourth-order valence-electron chi connectivity index (χ4n) is 1.20. The number of nitrogens with one attached hydrogen (secondary N) is 1. The van der Waals surface area contributed by atoms with Gasteiger partial charge < -0.3 is 14.8 Å². The van der Waals surface area contributed by atoms with Crippen molar-refractivity contribution >= 4 is 11.3 Å². The van der Waals surface area contributed by atoms with E-state index in [-0.39, 0.29) is 6.61 Å². The average molecular weight is 299 g/mol. The van der Waals surface area contributed by atoms with E-state index in [0.717, 1.165) is 18.1 Å². The molecule has 0 saturated heterocycles. The molecule has 0 fully saturated rings. The summed E-state index contributed by atoms with van der Waals surface area (Å²) in [6, 6.07) is 0. The first-order valence-electron chi connectivity index (χ1n) is 5.66. The number of rotatable bonds is 9. The maximum Gasteiger partial charge on any atom is 0.411 e. The Morgan fingerprint density at radius 2 is 1.95 bits per heavy atom. The van der Waals surface area contributed by atoms with Crippen LogP contribution >= 0.6 is 11.3 Å². The maximum absolute atomic E-state index is 11.9. The molecular weight excluding hydrogens is 283 g/mol. The van der Waals surface area contributed by atoms with E-state index in [0.29, 0.717) is 18.0 Å². The Hall–Kier alpha value is -0.770. The lowest BCUT2D eigenvalue weighted by atomic mass is 10.4. The lowest BCUT2D eigenvalue weighted by Crippen LogP contribution is -2.21. The first kappa shape index (κ1) is 16.3. The summed E-state index contributed by atoms with van der Waals surface area (Å²) in [6.07, 6.45) is -3.63. The van der Waals surface area contributed by atoms with Gasteiger partial charge in [-0.15, -0.1) is 10.2 Å². The van der Waals surface area contributed by atoms with E-state index in [1.807, 2.05) is 0 Å². The molecule has 0 aliphatic heterocycles. The number of hydrogen-bond acceptors (Lipinski definition) is 6. The van der Waals surface area contributed by atoms with Crippen LogP contribution in [0.4, 0.5) is 13.2 Å². The van der Waals surface area contributed by atoms with Crippen LogP contribution in [0.1, 0.15) is 10.0 Å². The van der Waals surface area contributed by atoms with Gasteiger partial charge in [-0.05, 0) is 0 Å². The Bertz CT molecular complexity index is 360. The second-order valence-corrected chi connectivity index (χ2v) is 4.84. The number of alkyl halides is 3. The molecular formula is C10H16F3N3O2S. The minimum atomic E-state index is -4.31. The molecule has 5 nitrogen and oxygen atoms in total. The standard InChI is InChI=1S/C10H16F3N3O2S/c1-17-5-4-14-3-2-8-15-16-9(19-8)6-18-7-10(11,12)13/h14H,2-7H2,1H3. The van der Waals surface area contributed by atoms with Gasteiger partial charge in [0.2, 0.25) is 0 Å². The van der Waals surface area contributed by atoms with Crippen LogP contribution in [0, 0.1) is 0 Å². The summed E-state index contributed by atoms with van der Waals surface area (Å²) >= 11 is 1.26. The van der Waals surface area contributed by atoms with Crippen molar-refractivity contribution in [1.29, 1.82) is 0 Å². The number of halogens is 3. The minimum absolute atomic E-state index is 0.158. The van der Waals surface area contributed by atoms with Gasteiger partial charge in [0.05, 0.1) is 6.61 Å². The maximum atomic E-state index is 11.9. The molecule has 1 rings (SSSR count). The van der Waals surface area contributed by atoms with Gasteiger partial charge in [-0.3, -0.25) is 0 Å². The molecule has 0 aliphatic carbocycles. The summed E-state index contributed by atoms with van der Waals surface area (Å²) in [5, 5.41) is 12.0. The van der Waals surface area contributed by atoms with Gasteiger partial charge in [0.15, 0.2) is 0 Å². The van der Waals surface area contributed by atoms with Crippen LogP contribution in [0.5, 0.6) is 0 Å². The fourth-order valence-corrected chi connectivity index (χ4v) is 1.98. The highest BCUT2D eigenvalue weighted by Crippen LogP contribution is 2.17. The molecule has 0 bridgehead atoms. The molecule has 0 radical (unpaired) electrons. The van der Waals surface area contributed by atoms with Crippen molar-refractivity contribution in [3.8, 4) is 0 Å². The summed E-state index contributed by atoms with van der Waals surface area (Å²) in [7, 11) is 1.62. The van der Waals surface area contributed by atoms with E-state index < -0.39 is 12.8 Å². The summed E-state index contributed by atoms with van der Waals surface area (Å²) in [5.74, 6) is 0. The number of ether oxygens (including phenoxy) is 2. The predicted molar refractivity (Wildman–Crippen MR) is 64.1 cm³/mol. The van der Waals surface area contributed by atoms with Crippen LogP contribution in [-0.2, 0) is 22.5 Å². The Morgan fingerprint density at radius 1 is 1.21 bits per heavy atom. The van der Waals surface area contributed by atoms with Crippen molar-refractivity contribution < 1.29 is 22.6 Å². The SMILES string of the molecule is COCCNCCc1nnc(COCC(F)(F)F)s1. The Labute approximate surface area is 113 Å². The van der Waals surface area contributed by atoms with Crippen molar-refractivity contribution in [2.75, 3.05) is 33.4 Å².